The first-order chi connectivity index (χ1) is 11.8. The van der Waals surface area contributed by atoms with Gasteiger partial charge in [0.1, 0.15) is 6.26 Å². The van der Waals surface area contributed by atoms with Crippen LogP contribution in [0.4, 0.5) is 5.69 Å². The molecule has 1 aliphatic rings. The molecule has 0 bridgehead atoms. The highest BCUT2D eigenvalue weighted by Gasteiger charge is 2.48. The number of aryl methyl sites for hydroxylation is 1. The van der Waals surface area contributed by atoms with E-state index in [0.29, 0.717) is 24.7 Å². The van der Waals surface area contributed by atoms with Crippen LogP contribution in [-0.4, -0.2) is 43.4 Å². The predicted molar refractivity (Wildman–Crippen MR) is 102 cm³/mol. The highest BCUT2D eigenvalue weighted by atomic mass is 35.5. The summed E-state index contributed by atoms with van der Waals surface area (Å²) in [5.41, 5.74) is 2.21. The van der Waals surface area contributed by atoms with Gasteiger partial charge in [0.05, 0.1) is 6.20 Å². The fourth-order valence-corrected chi connectivity index (χ4v) is 4.46. The maximum atomic E-state index is 12.9. The SMILES string of the molecule is Cc1ccc(NC(=O)C2(S(C)(=O)=O)CCNCC2)cc1-c1ncco1.Cl. The van der Waals surface area contributed by atoms with Crippen LogP contribution in [0.1, 0.15) is 18.4 Å². The molecular formula is C17H22ClN3O4S. The van der Waals surface area contributed by atoms with Gasteiger partial charge in [0.2, 0.25) is 11.8 Å². The lowest BCUT2D eigenvalue weighted by molar-refractivity contribution is -0.119. The Balaban J connectivity index is 0.00000243. The number of carbonyl (C=O) groups is 1. The van der Waals surface area contributed by atoms with E-state index in [9.17, 15) is 13.2 Å². The molecule has 9 heteroatoms. The van der Waals surface area contributed by atoms with Gasteiger partial charge < -0.3 is 15.1 Å². The molecule has 0 saturated carbocycles. The van der Waals surface area contributed by atoms with E-state index in [1.54, 1.807) is 18.3 Å². The second kappa shape index (κ2) is 7.77. The Bertz CT molecular complexity index is 875. The van der Waals surface area contributed by atoms with E-state index in [2.05, 4.69) is 15.6 Å². The minimum Gasteiger partial charge on any atom is -0.445 e. The zero-order valence-corrected chi connectivity index (χ0v) is 16.2. The van der Waals surface area contributed by atoms with Crippen molar-refractivity contribution in [3.05, 3.63) is 36.2 Å². The fourth-order valence-electron chi connectivity index (χ4n) is 3.13. The molecule has 1 fully saturated rings. The Kier molecular flexibility index (Phi) is 6.10. The third kappa shape index (κ3) is 3.77. The van der Waals surface area contributed by atoms with E-state index >= 15 is 0 Å². The van der Waals surface area contributed by atoms with E-state index in [0.717, 1.165) is 17.4 Å². The van der Waals surface area contributed by atoms with E-state index in [1.807, 2.05) is 13.0 Å². The summed E-state index contributed by atoms with van der Waals surface area (Å²) >= 11 is 0. The molecule has 3 rings (SSSR count). The van der Waals surface area contributed by atoms with E-state index in [4.69, 9.17) is 4.42 Å². The lowest BCUT2D eigenvalue weighted by Gasteiger charge is -2.34. The Hall–Kier alpha value is -1.90. The fraction of sp³-hybridized carbons (Fsp3) is 0.412. The quantitative estimate of drug-likeness (QED) is 0.817. The number of hydrogen-bond acceptors (Lipinski definition) is 6. The Morgan fingerprint density at radius 3 is 2.58 bits per heavy atom. The molecule has 2 heterocycles. The molecule has 1 amide bonds. The number of aromatic nitrogens is 1. The summed E-state index contributed by atoms with van der Waals surface area (Å²) in [5.74, 6) is -0.0352. The van der Waals surface area contributed by atoms with Crippen LogP contribution in [0.2, 0.25) is 0 Å². The van der Waals surface area contributed by atoms with Crippen LogP contribution in [0.3, 0.4) is 0 Å². The van der Waals surface area contributed by atoms with Crippen LogP contribution in [0.5, 0.6) is 0 Å². The molecule has 0 radical (unpaired) electrons. The van der Waals surface area contributed by atoms with Crippen LogP contribution >= 0.6 is 12.4 Å². The summed E-state index contributed by atoms with van der Waals surface area (Å²) in [7, 11) is -3.55. The third-order valence-corrected chi connectivity index (χ3v) is 6.71. The lowest BCUT2D eigenvalue weighted by Crippen LogP contribution is -2.55. The number of hydrogen-bond donors (Lipinski definition) is 2. The first kappa shape index (κ1) is 20.4. The van der Waals surface area contributed by atoms with Gasteiger partial charge in [0.25, 0.3) is 0 Å². The van der Waals surface area contributed by atoms with Crippen molar-refractivity contribution in [2.75, 3.05) is 24.7 Å². The first-order valence-corrected chi connectivity index (χ1v) is 9.95. The van der Waals surface area contributed by atoms with Crippen molar-refractivity contribution < 1.29 is 17.6 Å². The summed E-state index contributed by atoms with van der Waals surface area (Å²) in [4.78, 5) is 17.0. The van der Waals surface area contributed by atoms with Crippen LogP contribution in [0.25, 0.3) is 11.5 Å². The number of oxazole rings is 1. The van der Waals surface area contributed by atoms with Gasteiger partial charge in [-0.3, -0.25) is 4.79 Å². The summed E-state index contributed by atoms with van der Waals surface area (Å²) in [6.07, 6.45) is 4.68. The summed E-state index contributed by atoms with van der Waals surface area (Å²) in [6.45, 7) is 2.90. The first-order valence-electron chi connectivity index (χ1n) is 8.06. The molecule has 26 heavy (non-hydrogen) atoms. The van der Waals surface area contributed by atoms with Crippen LogP contribution in [0, 0.1) is 6.92 Å². The normalized spacial score (nSPS) is 16.5. The number of amides is 1. The van der Waals surface area contributed by atoms with E-state index < -0.39 is 20.5 Å². The van der Waals surface area contributed by atoms with Gasteiger partial charge >= 0.3 is 0 Å². The van der Waals surface area contributed by atoms with Gasteiger partial charge in [-0.2, -0.15) is 0 Å². The van der Waals surface area contributed by atoms with Crippen molar-refractivity contribution >= 4 is 33.8 Å². The summed E-state index contributed by atoms with van der Waals surface area (Å²) < 4.78 is 28.6. The van der Waals surface area contributed by atoms with Crippen molar-refractivity contribution in [1.82, 2.24) is 10.3 Å². The number of carbonyl (C=O) groups excluding carboxylic acids is 1. The summed E-state index contributed by atoms with van der Waals surface area (Å²) in [6, 6.07) is 5.33. The van der Waals surface area contributed by atoms with Crippen molar-refractivity contribution in [3.8, 4) is 11.5 Å². The minimum absolute atomic E-state index is 0. The number of halogens is 1. The third-order valence-electron chi connectivity index (χ3n) is 4.69. The Morgan fingerprint density at radius 2 is 2.00 bits per heavy atom. The molecule has 1 aromatic carbocycles. The van der Waals surface area contributed by atoms with Crippen LogP contribution in [-0.2, 0) is 14.6 Å². The van der Waals surface area contributed by atoms with Gasteiger partial charge in [-0.1, -0.05) is 6.07 Å². The standard InChI is InChI=1S/C17H21N3O4S.ClH/c1-12-3-4-13(11-14(12)15-19-9-10-24-15)20-16(21)17(25(2,22)23)5-7-18-8-6-17;/h3-4,9-11,18H,5-8H2,1-2H3,(H,20,21);1H. The number of anilines is 1. The van der Waals surface area contributed by atoms with Gasteiger partial charge in [0, 0.05) is 17.5 Å². The van der Waals surface area contributed by atoms with Gasteiger partial charge in [-0.15, -0.1) is 12.4 Å². The van der Waals surface area contributed by atoms with Crippen molar-refractivity contribution in [2.24, 2.45) is 0 Å². The average molecular weight is 400 g/mol. The molecule has 2 N–H and O–H groups in total. The topological polar surface area (TPSA) is 101 Å². The number of benzene rings is 1. The van der Waals surface area contributed by atoms with Crippen molar-refractivity contribution in [3.63, 3.8) is 0 Å². The monoisotopic (exact) mass is 399 g/mol. The number of nitrogens with one attached hydrogen (secondary N) is 2. The molecule has 0 spiro atoms. The zero-order chi connectivity index (χ0) is 18.1. The van der Waals surface area contributed by atoms with Crippen LogP contribution < -0.4 is 10.6 Å². The van der Waals surface area contributed by atoms with Gasteiger partial charge in [-0.05, 0) is 50.6 Å². The molecule has 0 aliphatic carbocycles. The average Bonchev–Trinajstić information content (AvgIpc) is 3.10. The largest absolute Gasteiger partial charge is 0.445 e. The highest BCUT2D eigenvalue weighted by molar-refractivity contribution is 7.92. The smallest absolute Gasteiger partial charge is 0.245 e. The van der Waals surface area contributed by atoms with Gasteiger partial charge in [-0.25, -0.2) is 13.4 Å². The molecule has 1 aliphatic heterocycles. The highest BCUT2D eigenvalue weighted by Crippen LogP contribution is 2.31. The minimum atomic E-state index is -3.55. The van der Waals surface area contributed by atoms with Gasteiger partial charge in [0.15, 0.2) is 14.6 Å². The maximum Gasteiger partial charge on any atom is 0.245 e. The molecule has 0 unspecified atom stereocenters. The molecule has 1 aromatic heterocycles. The molecule has 7 nitrogen and oxygen atoms in total. The molecular weight excluding hydrogens is 378 g/mol. The Labute approximate surface area is 158 Å². The van der Waals surface area contributed by atoms with E-state index in [1.165, 1.54) is 6.26 Å². The molecule has 142 valence electrons. The second-order valence-electron chi connectivity index (χ2n) is 6.34. The Morgan fingerprint density at radius 1 is 1.31 bits per heavy atom. The van der Waals surface area contributed by atoms with Crippen LogP contribution in [0.15, 0.2) is 35.1 Å². The zero-order valence-electron chi connectivity index (χ0n) is 14.6. The second-order valence-corrected chi connectivity index (χ2v) is 8.66. The van der Waals surface area contributed by atoms with Crippen molar-refractivity contribution in [2.45, 2.75) is 24.5 Å². The van der Waals surface area contributed by atoms with Crippen molar-refractivity contribution in [1.29, 1.82) is 0 Å². The predicted octanol–water partition coefficient (Wildman–Crippen LogP) is 2.18. The number of nitrogens with zero attached hydrogens (tertiary/aromatic N) is 1. The lowest BCUT2D eigenvalue weighted by atomic mass is 9.95. The number of sulfone groups is 1. The number of rotatable bonds is 4. The molecule has 2 aromatic rings. The number of piperidine rings is 1. The maximum absolute atomic E-state index is 12.9. The molecule has 1 saturated heterocycles. The molecule has 0 atom stereocenters. The summed E-state index contributed by atoms with van der Waals surface area (Å²) in [5, 5.41) is 5.87. The van der Waals surface area contributed by atoms with E-state index in [-0.39, 0.29) is 25.2 Å².